The van der Waals surface area contributed by atoms with Crippen LogP contribution in [0.5, 0.6) is 0 Å². The molecule has 1 aliphatic rings. The summed E-state index contributed by atoms with van der Waals surface area (Å²) in [4.78, 5) is 13.5. The van der Waals surface area contributed by atoms with Crippen LogP contribution in [0.25, 0.3) is 0 Å². The number of aromatic nitrogens is 3. The van der Waals surface area contributed by atoms with Crippen molar-refractivity contribution in [2.75, 3.05) is 23.8 Å². The highest BCUT2D eigenvalue weighted by Gasteiger charge is 2.16. The van der Waals surface area contributed by atoms with E-state index >= 15 is 0 Å². The first-order valence-corrected chi connectivity index (χ1v) is 8.05. The predicted molar refractivity (Wildman–Crippen MR) is 90.5 cm³/mol. The first-order valence-electron chi connectivity index (χ1n) is 8.05. The molecule has 1 aliphatic heterocycles. The molecule has 2 N–H and O–H groups in total. The number of anilines is 2. The van der Waals surface area contributed by atoms with Crippen LogP contribution in [-0.2, 0) is 11.3 Å². The summed E-state index contributed by atoms with van der Waals surface area (Å²) in [5.41, 5.74) is 3.05. The van der Waals surface area contributed by atoms with Crippen LogP contribution in [0.3, 0.4) is 0 Å². The maximum atomic E-state index is 5.41. The first kappa shape index (κ1) is 15.7. The van der Waals surface area contributed by atoms with Gasteiger partial charge in [0.15, 0.2) is 0 Å². The average Bonchev–Trinajstić information content (AvgIpc) is 2.59. The lowest BCUT2D eigenvalue weighted by atomic mass is 10.1. The van der Waals surface area contributed by atoms with Crippen LogP contribution in [-0.4, -0.2) is 34.2 Å². The average molecular weight is 313 g/mol. The zero-order valence-corrected chi connectivity index (χ0v) is 13.7. The maximum Gasteiger partial charge on any atom is 0.225 e. The van der Waals surface area contributed by atoms with Crippen LogP contribution in [0.2, 0.25) is 0 Å². The van der Waals surface area contributed by atoms with Crippen LogP contribution >= 0.6 is 0 Å². The second kappa shape index (κ2) is 7.37. The number of hydrogen-bond donors (Lipinski definition) is 2. The van der Waals surface area contributed by atoms with E-state index in [1.807, 2.05) is 25.1 Å². The lowest BCUT2D eigenvalue weighted by molar-refractivity contribution is 0.0904. The summed E-state index contributed by atoms with van der Waals surface area (Å²) < 4.78 is 5.41. The minimum absolute atomic E-state index is 0.417. The number of ether oxygens (including phenoxy) is 1. The molecule has 3 rings (SSSR count). The third-order valence-corrected chi connectivity index (χ3v) is 4.11. The van der Waals surface area contributed by atoms with Crippen LogP contribution < -0.4 is 10.6 Å². The number of nitrogens with one attached hydrogen (secondary N) is 2. The van der Waals surface area contributed by atoms with Crippen molar-refractivity contribution >= 4 is 11.8 Å². The molecule has 0 radical (unpaired) electrons. The zero-order chi connectivity index (χ0) is 16.1. The van der Waals surface area contributed by atoms with E-state index in [1.165, 1.54) is 0 Å². The van der Waals surface area contributed by atoms with Crippen LogP contribution in [0.15, 0.2) is 24.4 Å². The third-order valence-electron chi connectivity index (χ3n) is 4.11. The van der Waals surface area contributed by atoms with Crippen LogP contribution in [0, 0.1) is 13.8 Å². The fourth-order valence-electron chi connectivity index (χ4n) is 2.56. The molecule has 0 bridgehead atoms. The van der Waals surface area contributed by atoms with Gasteiger partial charge in [-0.15, -0.1) is 0 Å². The van der Waals surface area contributed by atoms with Crippen molar-refractivity contribution in [3.05, 3.63) is 41.3 Å². The second-order valence-corrected chi connectivity index (χ2v) is 5.81. The Morgan fingerprint density at radius 2 is 2.00 bits per heavy atom. The molecule has 0 unspecified atom stereocenters. The van der Waals surface area contributed by atoms with Gasteiger partial charge in [-0.3, -0.25) is 4.98 Å². The second-order valence-electron chi connectivity index (χ2n) is 5.81. The minimum atomic E-state index is 0.417. The lowest BCUT2D eigenvalue weighted by Gasteiger charge is -2.24. The van der Waals surface area contributed by atoms with Crippen molar-refractivity contribution in [2.45, 2.75) is 39.3 Å². The highest BCUT2D eigenvalue weighted by molar-refractivity contribution is 5.50. The molecule has 0 amide bonds. The number of rotatable bonds is 5. The highest BCUT2D eigenvalue weighted by atomic mass is 16.5. The Hall–Kier alpha value is -2.21. The molecule has 3 heterocycles. The molecule has 23 heavy (non-hydrogen) atoms. The van der Waals surface area contributed by atoms with Crippen molar-refractivity contribution in [3.8, 4) is 0 Å². The van der Waals surface area contributed by atoms with Crippen molar-refractivity contribution in [1.29, 1.82) is 0 Å². The van der Waals surface area contributed by atoms with E-state index in [9.17, 15) is 0 Å². The normalized spacial score (nSPS) is 15.4. The molecule has 0 atom stereocenters. The molecule has 122 valence electrons. The third kappa shape index (κ3) is 4.16. The molecule has 1 fully saturated rings. The predicted octanol–water partition coefficient (Wildman–Crippen LogP) is 2.69. The Morgan fingerprint density at radius 3 is 2.74 bits per heavy atom. The Balaban J connectivity index is 1.70. The van der Waals surface area contributed by atoms with E-state index < -0.39 is 0 Å². The Morgan fingerprint density at radius 1 is 1.17 bits per heavy atom. The summed E-state index contributed by atoms with van der Waals surface area (Å²) in [6.07, 6.45) is 3.81. The molecular weight excluding hydrogens is 290 g/mol. The fourth-order valence-corrected chi connectivity index (χ4v) is 2.56. The number of nitrogens with zero attached hydrogens (tertiary/aromatic N) is 3. The van der Waals surface area contributed by atoms with Crippen molar-refractivity contribution in [1.82, 2.24) is 15.0 Å². The van der Waals surface area contributed by atoms with E-state index in [2.05, 4.69) is 32.5 Å². The van der Waals surface area contributed by atoms with Crippen LogP contribution in [0.1, 0.15) is 29.8 Å². The van der Waals surface area contributed by atoms with Gasteiger partial charge < -0.3 is 15.4 Å². The van der Waals surface area contributed by atoms with Crippen LogP contribution in [0.4, 0.5) is 11.8 Å². The highest BCUT2D eigenvalue weighted by Crippen LogP contribution is 2.20. The summed E-state index contributed by atoms with van der Waals surface area (Å²) >= 11 is 0. The quantitative estimate of drug-likeness (QED) is 0.884. The number of hydrogen-bond acceptors (Lipinski definition) is 6. The maximum absolute atomic E-state index is 5.41. The molecule has 1 saturated heterocycles. The summed E-state index contributed by atoms with van der Waals surface area (Å²) in [6, 6.07) is 6.28. The Labute approximate surface area is 136 Å². The van der Waals surface area contributed by atoms with E-state index in [1.54, 1.807) is 6.20 Å². The zero-order valence-electron chi connectivity index (χ0n) is 13.7. The number of aryl methyl sites for hydroxylation is 1. The van der Waals surface area contributed by atoms with E-state index in [0.29, 0.717) is 18.5 Å². The standard InChI is InChI=1S/C17H23N5O/c1-12-13(2)20-17(19-11-15-5-3-4-8-18-15)22-16(12)21-14-6-9-23-10-7-14/h3-5,8,14H,6-7,9-11H2,1-2H3,(H2,19,20,21,22). The monoisotopic (exact) mass is 313 g/mol. The molecule has 0 spiro atoms. The largest absolute Gasteiger partial charge is 0.381 e. The molecule has 2 aromatic rings. The summed E-state index contributed by atoms with van der Waals surface area (Å²) in [5.74, 6) is 1.54. The van der Waals surface area contributed by atoms with Gasteiger partial charge in [0.25, 0.3) is 0 Å². The van der Waals surface area contributed by atoms with Gasteiger partial charge in [-0.25, -0.2) is 4.98 Å². The molecular formula is C17H23N5O. The minimum Gasteiger partial charge on any atom is -0.381 e. The smallest absolute Gasteiger partial charge is 0.225 e. The van der Waals surface area contributed by atoms with Gasteiger partial charge in [-0.1, -0.05) is 6.07 Å². The fraction of sp³-hybridized carbons (Fsp3) is 0.471. The molecule has 6 heteroatoms. The van der Waals surface area contributed by atoms with Gasteiger partial charge in [-0.2, -0.15) is 4.98 Å². The van der Waals surface area contributed by atoms with E-state index in [0.717, 1.165) is 48.8 Å². The summed E-state index contributed by atoms with van der Waals surface area (Å²) in [6.45, 7) is 6.30. The molecule has 0 saturated carbocycles. The van der Waals surface area contributed by atoms with Gasteiger partial charge >= 0.3 is 0 Å². The number of pyridine rings is 1. The summed E-state index contributed by atoms with van der Waals surface area (Å²) in [5, 5.41) is 6.80. The molecule has 0 aliphatic carbocycles. The van der Waals surface area contributed by atoms with Crippen molar-refractivity contribution in [3.63, 3.8) is 0 Å². The van der Waals surface area contributed by atoms with Crippen molar-refractivity contribution < 1.29 is 4.74 Å². The van der Waals surface area contributed by atoms with E-state index in [4.69, 9.17) is 4.74 Å². The van der Waals surface area contributed by atoms with E-state index in [-0.39, 0.29) is 0 Å². The van der Waals surface area contributed by atoms with Gasteiger partial charge in [0.05, 0.1) is 12.2 Å². The first-order chi connectivity index (χ1) is 11.2. The SMILES string of the molecule is Cc1nc(NCc2ccccn2)nc(NC2CCOCC2)c1C. The van der Waals surface area contributed by atoms with Gasteiger partial charge in [0.2, 0.25) is 5.95 Å². The molecule has 0 aromatic carbocycles. The van der Waals surface area contributed by atoms with Gasteiger partial charge in [0.1, 0.15) is 5.82 Å². The van der Waals surface area contributed by atoms with Gasteiger partial charge in [-0.05, 0) is 38.8 Å². The topological polar surface area (TPSA) is 72.0 Å². The molecule has 2 aromatic heterocycles. The Kier molecular flexibility index (Phi) is 5.02. The lowest BCUT2D eigenvalue weighted by Crippen LogP contribution is -2.29. The summed E-state index contributed by atoms with van der Waals surface area (Å²) in [7, 11) is 0. The van der Waals surface area contributed by atoms with Gasteiger partial charge in [0, 0.05) is 36.7 Å². The molecule has 6 nitrogen and oxygen atoms in total. The Bertz CT molecular complexity index is 641. The van der Waals surface area contributed by atoms with Crippen molar-refractivity contribution in [2.24, 2.45) is 0 Å².